The van der Waals surface area contributed by atoms with Gasteiger partial charge in [0.25, 0.3) is 0 Å². The van der Waals surface area contributed by atoms with E-state index in [0.717, 1.165) is 22.4 Å². The summed E-state index contributed by atoms with van der Waals surface area (Å²) >= 11 is 0. The van der Waals surface area contributed by atoms with Crippen molar-refractivity contribution >= 4 is 43.4 Å². The lowest BCUT2D eigenvalue weighted by molar-refractivity contribution is 0.960. The molecular weight excluding hydrogens is 412 g/mol. The van der Waals surface area contributed by atoms with E-state index < -0.39 is 0 Å². The Labute approximate surface area is 197 Å². The second-order valence-corrected chi connectivity index (χ2v) is 8.92. The molecule has 0 aliphatic rings. The lowest BCUT2D eigenvalue weighted by Gasteiger charge is -2.13. The van der Waals surface area contributed by atoms with Crippen LogP contribution in [0.1, 0.15) is 0 Å². The molecule has 0 bridgehead atoms. The molecule has 0 saturated carbocycles. The first kappa shape index (κ1) is 19.1. The van der Waals surface area contributed by atoms with Crippen molar-refractivity contribution in [2.24, 2.45) is 7.05 Å². The third kappa shape index (κ3) is 2.79. The average Bonchev–Trinajstić information content (AvgIpc) is 3.25. The maximum atomic E-state index is 4.94. The molecule has 0 radical (unpaired) electrons. The number of aryl methyl sites for hydroxylation is 1. The molecule has 160 valence electrons. The van der Waals surface area contributed by atoms with Crippen LogP contribution in [-0.2, 0) is 7.05 Å². The smallest absolute Gasteiger partial charge is 0.140 e. The van der Waals surface area contributed by atoms with Gasteiger partial charge in [0.1, 0.15) is 5.82 Å². The Morgan fingerprint density at radius 1 is 0.471 bits per heavy atom. The van der Waals surface area contributed by atoms with Crippen LogP contribution in [0.15, 0.2) is 115 Å². The van der Waals surface area contributed by atoms with Crippen molar-refractivity contribution in [1.29, 1.82) is 0 Å². The highest BCUT2D eigenvalue weighted by atomic mass is 15.1. The molecule has 0 spiro atoms. The predicted molar refractivity (Wildman–Crippen MR) is 144 cm³/mol. The summed E-state index contributed by atoms with van der Waals surface area (Å²) in [5, 5.41) is 7.67. The SMILES string of the molecule is Cn1c(-c2ccc3c4ccc(-c5ccccc5)cc4c4ccccc4c3c2)nc2ccccc21. The molecule has 1 heterocycles. The fourth-order valence-electron chi connectivity index (χ4n) is 5.31. The van der Waals surface area contributed by atoms with E-state index >= 15 is 0 Å². The summed E-state index contributed by atoms with van der Waals surface area (Å²) in [6, 6.07) is 41.3. The van der Waals surface area contributed by atoms with Crippen LogP contribution < -0.4 is 0 Å². The van der Waals surface area contributed by atoms with Gasteiger partial charge in [-0.3, -0.25) is 0 Å². The van der Waals surface area contributed by atoms with Crippen LogP contribution in [0.25, 0.3) is 65.9 Å². The van der Waals surface area contributed by atoms with Gasteiger partial charge >= 0.3 is 0 Å². The summed E-state index contributed by atoms with van der Waals surface area (Å²) in [6.07, 6.45) is 0. The van der Waals surface area contributed by atoms with Crippen LogP contribution >= 0.6 is 0 Å². The van der Waals surface area contributed by atoms with Crippen molar-refractivity contribution in [3.63, 3.8) is 0 Å². The Kier molecular flexibility index (Phi) is 4.09. The maximum Gasteiger partial charge on any atom is 0.140 e. The van der Waals surface area contributed by atoms with Crippen molar-refractivity contribution in [2.75, 3.05) is 0 Å². The van der Waals surface area contributed by atoms with Gasteiger partial charge in [0.2, 0.25) is 0 Å². The van der Waals surface area contributed by atoms with Crippen molar-refractivity contribution in [3.8, 4) is 22.5 Å². The molecule has 0 fully saturated rings. The first-order valence-corrected chi connectivity index (χ1v) is 11.6. The van der Waals surface area contributed by atoms with Gasteiger partial charge in [0.05, 0.1) is 11.0 Å². The summed E-state index contributed by atoms with van der Waals surface area (Å²) in [6.45, 7) is 0. The number of aromatic nitrogens is 2. The second kappa shape index (κ2) is 7.29. The Morgan fingerprint density at radius 2 is 1.03 bits per heavy atom. The van der Waals surface area contributed by atoms with Crippen molar-refractivity contribution in [2.45, 2.75) is 0 Å². The molecular formula is C32H22N2. The standard InChI is InChI=1S/C32H22N2/c1-34-31-14-8-7-13-30(31)33-32(34)23-16-18-27-26-17-15-22(21-9-3-2-4-10-21)19-28(26)24-11-5-6-12-25(24)29(27)20-23/h2-20H,1H3. The number of rotatable bonds is 2. The van der Waals surface area contributed by atoms with Crippen LogP contribution in [0.4, 0.5) is 0 Å². The monoisotopic (exact) mass is 434 g/mol. The number of hydrogen-bond donors (Lipinski definition) is 0. The van der Waals surface area contributed by atoms with E-state index in [0.29, 0.717) is 0 Å². The number of benzene rings is 6. The molecule has 0 unspecified atom stereocenters. The van der Waals surface area contributed by atoms with E-state index in [2.05, 4.69) is 121 Å². The first-order valence-electron chi connectivity index (χ1n) is 11.6. The van der Waals surface area contributed by atoms with E-state index in [1.807, 2.05) is 6.07 Å². The zero-order chi connectivity index (χ0) is 22.6. The van der Waals surface area contributed by atoms with Crippen molar-refractivity contribution in [3.05, 3.63) is 115 Å². The van der Waals surface area contributed by atoms with E-state index in [1.165, 1.54) is 43.4 Å². The van der Waals surface area contributed by atoms with Crippen LogP contribution in [0, 0.1) is 0 Å². The molecule has 7 aromatic rings. The van der Waals surface area contributed by atoms with Gasteiger partial charge in [-0.15, -0.1) is 0 Å². The van der Waals surface area contributed by atoms with Crippen LogP contribution in [-0.4, -0.2) is 9.55 Å². The van der Waals surface area contributed by atoms with Crippen LogP contribution in [0.3, 0.4) is 0 Å². The predicted octanol–water partition coefficient (Wildman–Crippen LogP) is 8.37. The highest BCUT2D eigenvalue weighted by Crippen LogP contribution is 2.38. The number of fused-ring (bicyclic) bond motifs is 7. The van der Waals surface area contributed by atoms with Gasteiger partial charge in [0, 0.05) is 12.6 Å². The molecule has 0 amide bonds. The molecule has 7 rings (SSSR count). The summed E-state index contributed by atoms with van der Waals surface area (Å²) in [4.78, 5) is 4.94. The molecule has 0 saturated heterocycles. The maximum absolute atomic E-state index is 4.94. The van der Waals surface area contributed by atoms with Crippen molar-refractivity contribution < 1.29 is 0 Å². The average molecular weight is 435 g/mol. The molecule has 2 nitrogen and oxygen atoms in total. The highest BCUT2D eigenvalue weighted by Gasteiger charge is 2.14. The number of hydrogen-bond acceptors (Lipinski definition) is 1. The summed E-state index contributed by atoms with van der Waals surface area (Å²) in [7, 11) is 2.10. The number of nitrogens with zero attached hydrogens (tertiary/aromatic N) is 2. The van der Waals surface area contributed by atoms with Gasteiger partial charge < -0.3 is 4.57 Å². The Morgan fingerprint density at radius 3 is 1.74 bits per heavy atom. The summed E-state index contributed by atoms with van der Waals surface area (Å²) in [5.74, 6) is 0.992. The normalized spacial score (nSPS) is 11.7. The minimum Gasteiger partial charge on any atom is -0.327 e. The molecule has 6 aromatic carbocycles. The fourth-order valence-corrected chi connectivity index (χ4v) is 5.31. The molecule has 0 aliphatic heterocycles. The summed E-state index contributed by atoms with van der Waals surface area (Å²) < 4.78 is 2.19. The van der Waals surface area contributed by atoms with Gasteiger partial charge in [-0.2, -0.15) is 0 Å². The van der Waals surface area contributed by atoms with Crippen molar-refractivity contribution in [1.82, 2.24) is 9.55 Å². The Hall–Kier alpha value is -4.43. The Bertz CT molecular complexity index is 1840. The van der Waals surface area contributed by atoms with E-state index in [4.69, 9.17) is 4.98 Å². The summed E-state index contributed by atoms with van der Waals surface area (Å²) in [5.41, 5.74) is 5.79. The Balaban J connectivity index is 1.53. The number of imidazole rings is 1. The molecule has 34 heavy (non-hydrogen) atoms. The fraction of sp³-hybridized carbons (Fsp3) is 0.0312. The third-order valence-electron chi connectivity index (χ3n) is 6.99. The third-order valence-corrected chi connectivity index (χ3v) is 6.99. The minimum absolute atomic E-state index is 0.992. The van der Waals surface area contributed by atoms with E-state index in [1.54, 1.807) is 0 Å². The van der Waals surface area contributed by atoms with E-state index in [9.17, 15) is 0 Å². The first-order chi connectivity index (χ1) is 16.8. The molecule has 2 heteroatoms. The second-order valence-electron chi connectivity index (χ2n) is 8.92. The zero-order valence-corrected chi connectivity index (χ0v) is 18.9. The minimum atomic E-state index is 0.992. The highest BCUT2D eigenvalue weighted by molar-refractivity contribution is 6.26. The van der Waals surface area contributed by atoms with Crippen LogP contribution in [0.5, 0.6) is 0 Å². The quantitative estimate of drug-likeness (QED) is 0.250. The van der Waals surface area contributed by atoms with Gasteiger partial charge in [-0.25, -0.2) is 4.98 Å². The zero-order valence-electron chi connectivity index (χ0n) is 18.9. The topological polar surface area (TPSA) is 17.8 Å². The van der Waals surface area contributed by atoms with Gasteiger partial charge in [0.15, 0.2) is 0 Å². The van der Waals surface area contributed by atoms with Gasteiger partial charge in [-0.1, -0.05) is 91.0 Å². The molecule has 0 aliphatic carbocycles. The lowest BCUT2D eigenvalue weighted by Crippen LogP contribution is -1.93. The molecule has 0 N–H and O–H groups in total. The molecule has 0 atom stereocenters. The largest absolute Gasteiger partial charge is 0.327 e. The number of para-hydroxylation sites is 2. The van der Waals surface area contributed by atoms with Crippen LogP contribution in [0.2, 0.25) is 0 Å². The van der Waals surface area contributed by atoms with E-state index in [-0.39, 0.29) is 0 Å². The molecule has 1 aromatic heterocycles. The van der Waals surface area contributed by atoms with Gasteiger partial charge in [-0.05, 0) is 67.7 Å². The lowest BCUT2D eigenvalue weighted by atomic mass is 9.91.